The van der Waals surface area contributed by atoms with E-state index >= 15 is 0 Å². The van der Waals surface area contributed by atoms with Gasteiger partial charge >= 0.3 is 0 Å². The summed E-state index contributed by atoms with van der Waals surface area (Å²) in [6.07, 6.45) is 2.36. The average molecular weight is 555 g/mol. The van der Waals surface area contributed by atoms with Gasteiger partial charge in [0.15, 0.2) is 11.6 Å². The van der Waals surface area contributed by atoms with E-state index in [1.165, 1.54) is 0 Å². The minimum atomic E-state index is -1.35. The van der Waals surface area contributed by atoms with Gasteiger partial charge in [-0.3, -0.25) is 10.2 Å². The van der Waals surface area contributed by atoms with E-state index in [1.807, 2.05) is 78.9 Å². The zero-order chi connectivity index (χ0) is 28.5. The van der Waals surface area contributed by atoms with Crippen LogP contribution in [0.15, 0.2) is 89.0 Å². The number of carbonyl (C=O) groups excluding carboxylic acids is 1. The molecule has 1 heterocycles. The minimum absolute atomic E-state index is 0.0647. The van der Waals surface area contributed by atoms with Crippen LogP contribution in [0, 0.1) is 5.92 Å². The molecule has 2 aliphatic rings. The number of ether oxygens (including phenoxy) is 2. The summed E-state index contributed by atoms with van der Waals surface area (Å²) in [5, 5.41) is 12.8. The number of nitrogens with zero attached hydrogens (tertiary/aromatic N) is 4. The van der Waals surface area contributed by atoms with Crippen molar-refractivity contribution in [3.05, 3.63) is 112 Å². The van der Waals surface area contributed by atoms with Crippen LogP contribution in [-0.2, 0) is 22.5 Å². The van der Waals surface area contributed by atoms with Gasteiger partial charge < -0.3 is 14.6 Å². The normalized spacial score (nSPS) is 19.5. The highest BCUT2D eigenvalue weighted by Gasteiger charge is 2.53. The molecule has 1 aliphatic heterocycles. The summed E-state index contributed by atoms with van der Waals surface area (Å²) in [5.41, 5.74) is 16.8. The first-order valence-corrected chi connectivity index (χ1v) is 13.9. The quantitative estimate of drug-likeness (QED) is 0.0864. The van der Waals surface area contributed by atoms with Gasteiger partial charge in [-0.1, -0.05) is 59.7 Å². The maximum Gasteiger partial charge on any atom is 0.266 e. The SMILES string of the molecule is [N-]=[N+]=NCc1ccccc1C[C@]1(C(=O)NNCC2CC2)N=C(c2ccc(OCCCO)cc2)O[C@H]1c1ccccc1. The number of azide groups is 1. The smallest absolute Gasteiger partial charge is 0.266 e. The van der Waals surface area contributed by atoms with Gasteiger partial charge in [0.05, 0.1) is 13.2 Å². The molecule has 1 aliphatic carbocycles. The molecule has 10 nitrogen and oxygen atoms in total. The lowest BCUT2D eigenvalue weighted by Gasteiger charge is -2.31. The molecule has 1 saturated carbocycles. The van der Waals surface area contributed by atoms with Gasteiger partial charge in [-0.2, -0.15) is 0 Å². The summed E-state index contributed by atoms with van der Waals surface area (Å²) in [7, 11) is 0. The van der Waals surface area contributed by atoms with E-state index in [1.54, 1.807) is 0 Å². The van der Waals surface area contributed by atoms with E-state index < -0.39 is 11.6 Å². The molecule has 1 fully saturated rings. The number of benzene rings is 3. The second-order valence-corrected chi connectivity index (χ2v) is 10.3. The Balaban J connectivity index is 1.54. The topological polar surface area (TPSA) is 141 Å². The summed E-state index contributed by atoms with van der Waals surface area (Å²) in [5.74, 6) is 1.29. The van der Waals surface area contributed by atoms with Gasteiger partial charge in [-0.25, -0.2) is 10.4 Å². The summed E-state index contributed by atoms with van der Waals surface area (Å²) in [6, 6.07) is 24.6. The first-order chi connectivity index (χ1) is 20.1. The van der Waals surface area contributed by atoms with Crippen LogP contribution >= 0.6 is 0 Å². The number of aliphatic hydroxyl groups excluding tert-OH is 1. The Labute approximate surface area is 239 Å². The van der Waals surface area contributed by atoms with Crippen molar-refractivity contribution >= 4 is 11.8 Å². The van der Waals surface area contributed by atoms with Crippen LogP contribution in [0.25, 0.3) is 10.4 Å². The van der Waals surface area contributed by atoms with Crippen LogP contribution in [0.5, 0.6) is 5.75 Å². The summed E-state index contributed by atoms with van der Waals surface area (Å²) < 4.78 is 12.2. The first-order valence-electron chi connectivity index (χ1n) is 13.9. The summed E-state index contributed by atoms with van der Waals surface area (Å²) >= 11 is 0. The lowest BCUT2D eigenvalue weighted by atomic mass is 9.81. The van der Waals surface area contributed by atoms with Crippen LogP contribution in [0.4, 0.5) is 0 Å². The highest BCUT2D eigenvalue weighted by Crippen LogP contribution is 2.43. The lowest BCUT2D eigenvalue weighted by Crippen LogP contribution is -2.54. The number of nitrogens with one attached hydrogen (secondary N) is 2. The predicted octanol–water partition coefficient (Wildman–Crippen LogP) is 4.79. The molecule has 0 unspecified atom stereocenters. The van der Waals surface area contributed by atoms with E-state index in [0.29, 0.717) is 42.7 Å². The molecule has 212 valence electrons. The highest BCUT2D eigenvalue weighted by molar-refractivity contribution is 6.01. The van der Waals surface area contributed by atoms with Crippen molar-refractivity contribution < 1.29 is 19.4 Å². The number of hydrogen-bond donors (Lipinski definition) is 3. The largest absolute Gasteiger partial charge is 0.494 e. The second-order valence-electron chi connectivity index (χ2n) is 10.3. The molecule has 3 aromatic rings. The summed E-state index contributed by atoms with van der Waals surface area (Å²) in [4.78, 5) is 22.1. The standard InChI is InChI=1S/C31H34N6O4/c32-37-34-21-26-10-5-4-9-25(26)19-31(30(39)36-33-20-22-11-12-22)28(23-7-2-1-3-8-23)41-29(35-31)24-13-15-27(16-14-24)40-18-6-17-38/h1-5,7-10,13-16,22,28,33,38H,6,11-12,17-21H2,(H,36,39)/t28-,31-/m0/s1. The molecule has 0 aromatic heterocycles. The van der Waals surface area contributed by atoms with Crippen LogP contribution < -0.4 is 15.6 Å². The van der Waals surface area contributed by atoms with Gasteiger partial charge in [0.1, 0.15) is 5.75 Å². The maximum atomic E-state index is 14.2. The first kappa shape index (κ1) is 28.2. The fraction of sp³-hybridized carbons (Fsp3) is 0.355. The molecule has 1 amide bonds. The number of aliphatic imine (C=N–C) groups is 1. The summed E-state index contributed by atoms with van der Waals surface area (Å²) in [6.45, 7) is 1.33. The Kier molecular flexibility index (Phi) is 9.15. The molecular weight excluding hydrogens is 520 g/mol. The molecule has 0 saturated heterocycles. The number of amides is 1. The molecule has 3 aromatic carbocycles. The monoisotopic (exact) mass is 554 g/mol. The van der Waals surface area contributed by atoms with Crippen molar-refractivity contribution in [3.63, 3.8) is 0 Å². The van der Waals surface area contributed by atoms with E-state index in [2.05, 4.69) is 20.9 Å². The number of aliphatic hydroxyl groups is 1. The second kappa shape index (κ2) is 13.3. The maximum absolute atomic E-state index is 14.2. The fourth-order valence-corrected chi connectivity index (χ4v) is 4.90. The Morgan fingerprint density at radius 3 is 2.51 bits per heavy atom. The molecule has 0 bridgehead atoms. The Bertz CT molecular complexity index is 1400. The molecule has 2 atom stereocenters. The van der Waals surface area contributed by atoms with E-state index in [-0.39, 0.29) is 25.5 Å². The zero-order valence-electron chi connectivity index (χ0n) is 22.8. The van der Waals surface area contributed by atoms with Gasteiger partial charge in [-0.05, 0) is 65.2 Å². The minimum Gasteiger partial charge on any atom is -0.494 e. The number of carbonyl (C=O) groups is 1. The molecule has 10 heteroatoms. The molecule has 41 heavy (non-hydrogen) atoms. The van der Waals surface area contributed by atoms with Crippen molar-refractivity contribution in [1.29, 1.82) is 0 Å². The van der Waals surface area contributed by atoms with E-state index in [0.717, 1.165) is 29.5 Å². The van der Waals surface area contributed by atoms with Gasteiger partial charge in [0, 0.05) is 36.5 Å². The fourth-order valence-electron chi connectivity index (χ4n) is 4.90. The third kappa shape index (κ3) is 6.86. The lowest BCUT2D eigenvalue weighted by molar-refractivity contribution is -0.130. The van der Waals surface area contributed by atoms with Gasteiger partial charge in [-0.15, -0.1) is 0 Å². The molecule has 3 N–H and O–H groups in total. The molecular formula is C31H34N6O4. The Hall–Kier alpha value is -4.37. The van der Waals surface area contributed by atoms with Gasteiger partial charge in [0.25, 0.3) is 5.91 Å². The predicted molar refractivity (Wildman–Crippen MR) is 155 cm³/mol. The van der Waals surface area contributed by atoms with Crippen LogP contribution in [0.2, 0.25) is 0 Å². The Morgan fingerprint density at radius 1 is 1.07 bits per heavy atom. The highest BCUT2D eigenvalue weighted by atomic mass is 16.5. The number of rotatable bonds is 14. The zero-order valence-corrected chi connectivity index (χ0v) is 22.8. The van der Waals surface area contributed by atoms with Crippen molar-refractivity contribution in [2.75, 3.05) is 19.8 Å². The molecule has 5 rings (SSSR count). The van der Waals surface area contributed by atoms with Crippen LogP contribution in [0.3, 0.4) is 0 Å². The van der Waals surface area contributed by atoms with Gasteiger partial charge in [0.2, 0.25) is 5.90 Å². The Morgan fingerprint density at radius 2 is 1.80 bits per heavy atom. The average Bonchev–Trinajstić information content (AvgIpc) is 3.76. The van der Waals surface area contributed by atoms with Crippen LogP contribution in [-0.4, -0.2) is 42.2 Å². The van der Waals surface area contributed by atoms with Crippen molar-refractivity contribution in [3.8, 4) is 5.75 Å². The molecule has 0 spiro atoms. The number of hydrazine groups is 1. The third-order valence-electron chi connectivity index (χ3n) is 7.30. The van der Waals surface area contributed by atoms with Crippen molar-refractivity contribution in [1.82, 2.24) is 10.9 Å². The van der Waals surface area contributed by atoms with E-state index in [9.17, 15) is 4.79 Å². The third-order valence-corrected chi connectivity index (χ3v) is 7.30. The molecule has 0 radical (unpaired) electrons. The van der Waals surface area contributed by atoms with E-state index in [4.69, 9.17) is 25.1 Å². The van der Waals surface area contributed by atoms with Crippen LogP contribution in [0.1, 0.15) is 47.6 Å². The number of hydrogen-bond acceptors (Lipinski definition) is 7. The van der Waals surface area contributed by atoms with Crippen molar-refractivity contribution in [2.24, 2.45) is 16.0 Å². The van der Waals surface area contributed by atoms with Crippen molar-refractivity contribution in [2.45, 2.75) is 43.9 Å².